The maximum absolute atomic E-state index is 8.30. The van der Waals surface area contributed by atoms with Gasteiger partial charge in [-0.05, 0) is 68.1 Å². The Morgan fingerprint density at radius 2 is 1.70 bits per heavy atom. The van der Waals surface area contributed by atoms with Crippen molar-refractivity contribution in [2.75, 3.05) is 31.3 Å². The van der Waals surface area contributed by atoms with Crippen LogP contribution in [-0.2, 0) is 9.41 Å². The largest absolute Gasteiger partial charge is 0.494 e. The number of anilines is 1. The SMILES string of the molecule is C=C/C(=C(\N=C(/C)Nc1cccc(S(=C)(C)=N)c1)NCCOc1ccccc1)c1ccc(OCC)cc1. The zero-order valence-corrected chi connectivity index (χ0v) is 22.6. The number of allylic oxidation sites excluding steroid dienone is 2. The van der Waals surface area contributed by atoms with Crippen LogP contribution in [0.3, 0.4) is 0 Å². The first-order chi connectivity index (χ1) is 17.8. The first-order valence-electron chi connectivity index (χ1n) is 12.1. The number of nitrogens with one attached hydrogen (secondary N) is 3. The molecule has 3 rings (SSSR count). The fourth-order valence-electron chi connectivity index (χ4n) is 3.56. The lowest BCUT2D eigenvalue weighted by molar-refractivity contribution is 0.319. The van der Waals surface area contributed by atoms with Crippen molar-refractivity contribution in [3.8, 4) is 11.5 Å². The van der Waals surface area contributed by atoms with Gasteiger partial charge in [0.05, 0.1) is 13.2 Å². The Bertz CT molecular complexity index is 1350. The van der Waals surface area contributed by atoms with Gasteiger partial charge in [-0.25, -0.2) is 4.99 Å². The van der Waals surface area contributed by atoms with Crippen LogP contribution in [0.15, 0.2) is 107 Å². The summed E-state index contributed by atoms with van der Waals surface area (Å²) in [6.07, 6.45) is 3.65. The summed E-state index contributed by atoms with van der Waals surface area (Å²) < 4.78 is 19.7. The van der Waals surface area contributed by atoms with E-state index < -0.39 is 9.41 Å². The van der Waals surface area contributed by atoms with E-state index in [1.54, 1.807) is 6.08 Å². The van der Waals surface area contributed by atoms with Crippen LogP contribution in [0, 0.1) is 4.78 Å². The molecule has 1 atom stereocenters. The van der Waals surface area contributed by atoms with E-state index in [1.807, 2.05) is 99.0 Å². The molecule has 0 amide bonds. The number of rotatable bonds is 12. The number of hydrogen-bond donors (Lipinski definition) is 3. The van der Waals surface area contributed by atoms with E-state index >= 15 is 0 Å². The highest BCUT2D eigenvalue weighted by atomic mass is 32.2. The summed E-state index contributed by atoms with van der Waals surface area (Å²) in [5, 5.41) is 6.77. The monoisotopic (exact) mass is 516 g/mol. The van der Waals surface area contributed by atoms with Gasteiger partial charge in [-0.2, -0.15) is 0 Å². The fourth-order valence-corrected chi connectivity index (χ4v) is 4.32. The molecule has 0 bridgehead atoms. The van der Waals surface area contributed by atoms with E-state index in [0.29, 0.717) is 31.4 Å². The highest BCUT2D eigenvalue weighted by Gasteiger charge is 2.09. The summed E-state index contributed by atoms with van der Waals surface area (Å²) in [5.41, 5.74) is 2.69. The van der Waals surface area contributed by atoms with Crippen molar-refractivity contribution in [1.82, 2.24) is 5.32 Å². The Morgan fingerprint density at radius 3 is 2.35 bits per heavy atom. The number of hydrogen-bond acceptors (Lipinski definition) is 5. The lowest BCUT2D eigenvalue weighted by Gasteiger charge is -2.15. The molecule has 0 saturated heterocycles. The predicted molar refractivity (Wildman–Crippen MR) is 159 cm³/mol. The van der Waals surface area contributed by atoms with Crippen LogP contribution in [0.2, 0.25) is 0 Å². The Morgan fingerprint density at radius 1 is 1.00 bits per heavy atom. The number of ether oxygens (including phenoxy) is 2. The number of amidine groups is 1. The molecule has 194 valence electrons. The lowest BCUT2D eigenvalue weighted by Crippen LogP contribution is -2.22. The molecule has 0 heterocycles. The van der Waals surface area contributed by atoms with Crippen LogP contribution in [0.1, 0.15) is 19.4 Å². The third-order valence-electron chi connectivity index (χ3n) is 5.30. The quantitative estimate of drug-likeness (QED) is 0.0847. The van der Waals surface area contributed by atoms with Crippen LogP contribution in [-0.4, -0.2) is 37.7 Å². The zero-order chi connectivity index (χ0) is 26.7. The first kappa shape index (κ1) is 27.6. The standard InChI is InChI=1S/C30H36N4O2S/c1-6-29(24-16-18-27(19-17-24)35-7-2)30(32-20-21-36-26-13-9-8-10-14-26)34-23(3)33-25-12-11-15-28(22-25)37(4,5)31/h6,8-19,22,31-32H,1,4,7,20-21H2,2-3,5H3,(H,33,34)/b30-29+. The van der Waals surface area contributed by atoms with Gasteiger partial charge in [0.1, 0.15) is 29.8 Å². The van der Waals surface area contributed by atoms with Gasteiger partial charge in [0.25, 0.3) is 0 Å². The maximum atomic E-state index is 8.30. The van der Waals surface area contributed by atoms with Gasteiger partial charge in [0, 0.05) is 16.2 Å². The lowest BCUT2D eigenvalue weighted by atomic mass is 10.1. The van der Waals surface area contributed by atoms with Crippen LogP contribution in [0.5, 0.6) is 11.5 Å². The van der Waals surface area contributed by atoms with Gasteiger partial charge in [-0.15, -0.1) is 9.41 Å². The van der Waals surface area contributed by atoms with Crippen LogP contribution in [0.25, 0.3) is 5.57 Å². The third kappa shape index (κ3) is 8.58. The van der Waals surface area contributed by atoms with Crippen LogP contribution >= 0.6 is 0 Å². The van der Waals surface area contributed by atoms with Crippen molar-refractivity contribution in [3.05, 3.63) is 103 Å². The highest BCUT2D eigenvalue weighted by Crippen LogP contribution is 2.23. The van der Waals surface area contributed by atoms with Crippen LogP contribution < -0.4 is 20.1 Å². The minimum Gasteiger partial charge on any atom is -0.494 e. The molecule has 0 aliphatic rings. The molecule has 0 aromatic heterocycles. The van der Waals surface area contributed by atoms with Gasteiger partial charge >= 0.3 is 0 Å². The minimum atomic E-state index is -1.82. The Balaban J connectivity index is 1.87. The second-order valence-electron chi connectivity index (χ2n) is 8.45. The van der Waals surface area contributed by atoms with Gasteiger partial charge in [-0.1, -0.05) is 54.9 Å². The van der Waals surface area contributed by atoms with E-state index in [0.717, 1.165) is 33.2 Å². The van der Waals surface area contributed by atoms with Crippen LogP contribution in [0.4, 0.5) is 5.69 Å². The topological polar surface area (TPSA) is 78.7 Å². The second-order valence-corrected chi connectivity index (χ2v) is 11.1. The molecule has 1 unspecified atom stereocenters. The summed E-state index contributed by atoms with van der Waals surface area (Å²) in [6, 6.07) is 25.4. The van der Waals surface area contributed by atoms with Crippen molar-refractivity contribution >= 4 is 32.4 Å². The molecule has 3 aromatic rings. The molecule has 7 heteroatoms. The number of aliphatic imine (C=N–C) groups is 1. The van der Waals surface area contributed by atoms with Crippen molar-refractivity contribution in [3.63, 3.8) is 0 Å². The van der Waals surface area contributed by atoms with E-state index in [9.17, 15) is 0 Å². The number of para-hydroxylation sites is 1. The summed E-state index contributed by atoms with van der Waals surface area (Å²) >= 11 is 0. The van der Waals surface area contributed by atoms with Crippen molar-refractivity contribution in [1.29, 1.82) is 4.78 Å². The molecule has 0 aliphatic heterocycles. The highest BCUT2D eigenvalue weighted by molar-refractivity contribution is 8.00. The maximum Gasteiger partial charge on any atom is 0.136 e. The van der Waals surface area contributed by atoms with E-state index in [4.69, 9.17) is 19.2 Å². The van der Waals surface area contributed by atoms with E-state index in [1.165, 1.54) is 0 Å². The zero-order valence-electron chi connectivity index (χ0n) is 21.8. The number of nitrogens with zero attached hydrogens (tertiary/aromatic N) is 1. The first-order valence-corrected chi connectivity index (χ1v) is 14.3. The molecule has 6 nitrogen and oxygen atoms in total. The average molecular weight is 517 g/mol. The second kappa shape index (κ2) is 13.4. The Hall–Kier alpha value is -3.97. The molecule has 37 heavy (non-hydrogen) atoms. The van der Waals surface area contributed by atoms with E-state index in [2.05, 4.69) is 23.1 Å². The normalized spacial score (nSPS) is 13.6. The van der Waals surface area contributed by atoms with Gasteiger partial charge in [0.2, 0.25) is 0 Å². The van der Waals surface area contributed by atoms with Gasteiger partial charge in [0.15, 0.2) is 0 Å². The summed E-state index contributed by atoms with van der Waals surface area (Å²) in [5.74, 6) is 7.00. The fraction of sp³-hybridized carbons (Fsp3) is 0.200. The third-order valence-corrected chi connectivity index (χ3v) is 6.60. The smallest absolute Gasteiger partial charge is 0.136 e. The van der Waals surface area contributed by atoms with Gasteiger partial charge in [-0.3, -0.25) is 4.78 Å². The van der Waals surface area contributed by atoms with E-state index in [-0.39, 0.29) is 0 Å². The van der Waals surface area contributed by atoms with Gasteiger partial charge < -0.3 is 20.1 Å². The van der Waals surface area contributed by atoms with Crippen molar-refractivity contribution in [2.24, 2.45) is 4.99 Å². The molecule has 0 radical (unpaired) electrons. The van der Waals surface area contributed by atoms with Crippen molar-refractivity contribution in [2.45, 2.75) is 18.7 Å². The molecular formula is C30H36N4O2S. The molecule has 3 N–H and O–H groups in total. The predicted octanol–water partition coefficient (Wildman–Crippen LogP) is 6.48. The summed E-state index contributed by atoms with van der Waals surface area (Å²) in [7, 11) is -1.82. The molecular weight excluding hydrogens is 480 g/mol. The Labute approximate surface area is 221 Å². The molecule has 0 fully saturated rings. The minimum absolute atomic E-state index is 0.472. The summed E-state index contributed by atoms with van der Waals surface area (Å²) in [4.78, 5) is 5.78. The average Bonchev–Trinajstić information content (AvgIpc) is 2.88. The number of benzene rings is 3. The van der Waals surface area contributed by atoms with Crippen molar-refractivity contribution < 1.29 is 9.47 Å². The molecule has 0 spiro atoms. The summed E-state index contributed by atoms with van der Waals surface area (Å²) in [6.45, 7) is 9.55. The molecule has 0 aliphatic carbocycles. The Kier molecular flexibility index (Phi) is 9.98. The molecule has 3 aromatic carbocycles. The molecule has 0 saturated carbocycles.